The van der Waals surface area contributed by atoms with Crippen molar-refractivity contribution in [3.8, 4) is 5.69 Å². The number of hydrogen-bond acceptors (Lipinski definition) is 3. The van der Waals surface area contributed by atoms with Crippen LogP contribution in [0.4, 0.5) is 13.2 Å². The van der Waals surface area contributed by atoms with E-state index < -0.39 is 12.1 Å². The lowest BCUT2D eigenvalue weighted by atomic mass is 9.81. The van der Waals surface area contributed by atoms with E-state index in [0.29, 0.717) is 48.1 Å². The molecule has 28 heavy (non-hydrogen) atoms. The first-order valence-corrected chi connectivity index (χ1v) is 9.62. The highest BCUT2D eigenvalue weighted by atomic mass is 35.5. The summed E-state index contributed by atoms with van der Waals surface area (Å²) >= 11 is 5.95. The van der Waals surface area contributed by atoms with Crippen molar-refractivity contribution in [2.45, 2.75) is 44.2 Å². The fourth-order valence-electron chi connectivity index (χ4n) is 3.69. The Morgan fingerprint density at radius 2 is 1.82 bits per heavy atom. The first-order chi connectivity index (χ1) is 13.3. The normalized spacial score (nSPS) is 20.3. The Morgan fingerprint density at radius 3 is 2.39 bits per heavy atom. The number of benzene rings is 1. The Morgan fingerprint density at radius 1 is 1.18 bits per heavy atom. The van der Waals surface area contributed by atoms with Gasteiger partial charge in [-0.3, -0.25) is 9.36 Å². The molecule has 1 saturated carbocycles. The molecule has 1 aromatic heterocycles. The van der Waals surface area contributed by atoms with Crippen LogP contribution in [0.2, 0.25) is 5.02 Å². The van der Waals surface area contributed by atoms with Crippen LogP contribution < -0.4 is 5.56 Å². The smallest absolute Gasteiger partial charge is 0.384 e. The zero-order valence-corrected chi connectivity index (χ0v) is 16.3. The van der Waals surface area contributed by atoms with Gasteiger partial charge in [0.15, 0.2) is 0 Å². The molecule has 3 rings (SSSR count). The summed E-state index contributed by atoms with van der Waals surface area (Å²) in [7, 11) is 1.56. The summed E-state index contributed by atoms with van der Waals surface area (Å²) in [6.45, 7) is 0.414. The summed E-state index contributed by atoms with van der Waals surface area (Å²) in [5, 5.41) is 0.536. The van der Waals surface area contributed by atoms with Gasteiger partial charge in [0.2, 0.25) is 0 Å². The second-order valence-electron chi connectivity index (χ2n) is 7.09. The summed E-state index contributed by atoms with van der Waals surface area (Å²) in [6.07, 6.45) is -2.91. The van der Waals surface area contributed by atoms with Crippen LogP contribution >= 0.6 is 11.6 Å². The molecule has 0 bridgehead atoms. The molecular weight excluding hydrogens is 393 g/mol. The lowest BCUT2D eigenvalue weighted by Crippen LogP contribution is -2.31. The van der Waals surface area contributed by atoms with Crippen LogP contribution in [0.15, 0.2) is 35.1 Å². The number of hydrogen-bond donors (Lipinski definition) is 0. The molecule has 2 aromatic rings. The molecule has 0 radical (unpaired) electrons. The number of nitrogens with zero attached hydrogens (tertiary/aromatic N) is 2. The minimum Gasteiger partial charge on any atom is -0.384 e. The monoisotopic (exact) mass is 414 g/mol. The van der Waals surface area contributed by atoms with Crippen LogP contribution in [-0.4, -0.2) is 29.4 Å². The molecule has 152 valence electrons. The van der Waals surface area contributed by atoms with Crippen molar-refractivity contribution >= 4 is 11.6 Å². The van der Waals surface area contributed by atoms with Crippen molar-refractivity contribution < 1.29 is 17.9 Å². The van der Waals surface area contributed by atoms with Crippen LogP contribution in [0.1, 0.15) is 43.1 Å². The van der Waals surface area contributed by atoms with Crippen molar-refractivity contribution in [1.29, 1.82) is 0 Å². The Balaban J connectivity index is 1.98. The minimum atomic E-state index is -4.17. The second-order valence-corrected chi connectivity index (χ2v) is 7.53. The summed E-state index contributed by atoms with van der Waals surface area (Å²) in [4.78, 5) is 17.5. The molecule has 1 heterocycles. The van der Waals surface area contributed by atoms with Gasteiger partial charge in [-0.2, -0.15) is 13.2 Å². The zero-order valence-electron chi connectivity index (χ0n) is 15.5. The van der Waals surface area contributed by atoms with Gasteiger partial charge in [0.25, 0.3) is 5.56 Å². The van der Waals surface area contributed by atoms with Crippen LogP contribution in [0, 0.1) is 5.92 Å². The van der Waals surface area contributed by atoms with E-state index in [1.807, 2.05) is 0 Å². The summed E-state index contributed by atoms with van der Waals surface area (Å²) in [5.74, 6) is -0.970. The van der Waals surface area contributed by atoms with E-state index in [2.05, 4.69) is 4.98 Å². The maximum Gasteiger partial charge on any atom is 0.391 e. The lowest BCUT2D eigenvalue weighted by Gasteiger charge is -2.30. The van der Waals surface area contributed by atoms with Gasteiger partial charge >= 0.3 is 6.18 Å². The average Bonchev–Trinajstić information content (AvgIpc) is 2.66. The van der Waals surface area contributed by atoms with E-state index in [1.165, 1.54) is 10.6 Å². The fraction of sp³-hybridized carbons (Fsp3) is 0.500. The van der Waals surface area contributed by atoms with Crippen LogP contribution in [-0.2, 0) is 11.2 Å². The van der Waals surface area contributed by atoms with Gasteiger partial charge in [0.05, 0.1) is 23.9 Å². The predicted molar refractivity (Wildman–Crippen MR) is 101 cm³/mol. The Kier molecular flexibility index (Phi) is 6.45. The van der Waals surface area contributed by atoms with E-state index in [9.17, 15) is 18.0 Å². The maximum absolute atomic E-state index is 13.0. The summed E-state index contributed by atoms with van der Waals surface area (Å²) < 4.78 is 45.6. The molecule has 1 fully saturated rings. The summed E-state index contributed by atoms with van der Waals surface area (Å²) in [5.41, 5.74) is 0.939. The molecule has 0 unspecified atom stereocenters. The third-order valence-corrected chi connectivity index (χ3v) is 5.45. The van der Waals surface area contributed by atoms with E-state index in [0.717, 1.165) is 0 Å². The molecule has 0 amide bonds. The summed E-state index contributed by atoms with van der Waals surface area (Å²) in [6, 6.07) is 8.23. The molecular formula is C20H22ClF3N2O2. The van der Waals surface area contributed by atoms with Gasteiger partial charge in [-0.1, -0.05) is 11.6 Å². The van der Waals surface area contributed by atoms with Crippen molar-refractivity contribution in [2.24, 2.45) is 5.92 Å². The van der Waals surface area contributed by atoms with Gasteiger partial charge < -0.3 is 4.74 Å². The Bertz CT molecular complexity index is 857. The van der Waals surface area contributed by atoms with Crippen molar-refractivity contribution in [1.82, 2.24) is 9.55 Å². The van der Waals surface area contributed by atoms with E-state index in [4.69, 9.17) is 16.3 Å². The van der Waals surface area contributed by atoms with Crippen molar-refractivity contribution in [3.05, 3.63) is 57.2 Å². The minimum absolute atomic E-state index is 0.0486. The molecule has 8 heteroatoms. The van der Waals surface area contributed by atoms with Gasteiger partial charge in [-0.15, -0.1) is 0 Å². The first kappa shape index (κ1) is 20.9. The van der Waals surface area contributed by atoms with Gasteiger partial charge in [0.1, 0.15) is 5.82 Å². The predicted octanol–water partition coefficient (Wildman–Crippen LogP) is 4.91. The number of halogens is 4. The molecule has 1 aliphatic rings. The molecule has 0 atom stereocenters. The third kappa shape index (κ3) is 4.75. The SMILES string of the molecule is COCCc1cc(=O)n(-c2ccc(Cl)cc2)c(C2CCC(C(F)(F)F)CC2)n1. The Labute approximate surface area is 166 Å². The maximum atomic E-state index is 13.0. The van der Waals surface area contributed by atoms with Gasteiger partial charge in [-0.25, -0.2) is 4.98 Å². The van der Waals surface area contributed by atoms with E-state index >= 15 is 0 Å². The second kappa shape index (κ2) is 8.66. The van der Waals surface area contributed by atoms with Crippen LogP contribution in [0.25, 0.3) is 5.69 Å². The highest BCUT2D eigenvalue weighted by Gasteiger charge is 2.42. The van der Waals surface area contributed by atoms with Crippen LogP contribution in [0.3, 0.4) is 0 Å². The number of ether oxygens (including phenoxy) is 1. The molecule has 1 aromatic carbocycles. The topological polar surface area (TPSA) is 44.1 Å². The number of methoxy groups -OCH3 is 1. The van der Waals surface area contributed by atoms with Crippen molar-refractivity contribution in [2.75, 3.05) is 13.7 Å². The van der Waals surface area contributed by atoms with Crippen LogP contribution in [0.5, 0.6) is 0 Å². The quantitative estimate of drug-likeness (QED) is 0.698. The fourth-order valence-corrected chi connectivity index (χ4v) is 3.81. The number of rotatable bonds is 5. The highest BCUT2D eigenvalue weighted by molar-refractivity contribution is 6.30. The first-order valence-electron chi connectivity index (χ1n) is 9.24. The number of alkyl halides is 3. The zero-order chi connectivity index (χ0) is 20.3. The molecule has 0 spiro atoms. The average molecular weight is 415 g/mol. The molecule has 0 aliphatic heterocycles. The highest BCUT2D eigenvalue weighted by Crippen LogP contribution is 2.42. The standard InChI is InChI=1S/C20H22ClF3N2O2/c1-28-11-10-16-12-18(27)26(17-8-6-15(21)7-9-17)19(25-16)13-2-4-14(5-3-13)20(22,23)24/h6-9,12-14H,2-5,10-11H2,1H3. The molecule has 0 saturated heterocycles. The molecule has 4 nitrogen and oxygen atoms in total. The van der Waals surface area contributed by atoms with Crippen molar-refractivity contribution in [3.63, 3.8) is 0 Å². The largest absolute Gasteiger partial charge is 0.391 e. The third-order valence-electron chi connectivity index (χ3n) is 5.20. The van der Waals surface area contributed by atoms with Gasteiger partial charge in [-0.05, 0) is 49.9 Å². The lowest BCUT2D eigenvalue weighted by molar-refractivity contribution is -0.182. The molecule has 1 aliphatic carbocycles. The Hall–Kier alpha value is -1.86. The van der Waals surface area contributed by atoms with E-state index in [1.54, 1.807) is 31.4 Å². The molecule has 0 N–H and O–H groups in total. The van der Waals surface area contributed by atoms with Gasteiger partial charge in [0, 0.05) is 30.5 Å². The number of aromatic nitrogens is 2. The van der Waals surface area contributed by atoms with E-state index in [-0.39, 0.29) is 24.3 Å².